The van der Waals surface area contributed by atoms with Crippen LogP contribution in [-0.2, 0) is 4.79 Å². The average molecular weight is 306 g/mol. The monoisotopic (exact) mass is 306 g/mol. The Morgan fingerprint density at radius 3 is 2.61 bits per heavy atom. The lowest BCUT2D eigenvalue weighted by molar-refractivity contribution is -0.116. The number of nitrogens with one attached hydrogen (secondary N) is 1. The van der Waals surface area contributed by atoms with Crippen LogP contribution in [0.3, 0.4) is 0 Å². The summed E-state index contributed by atoms with van der Waals surface area (Å²) in [5.74, 6) is 0.625. The molecule has 0 bridgehead atoms. The standard InChI is InChI=1S/C19H18N2O2/c1-12-19(22)21-18-15(8-5-9-16(18)23-14-10-11-14)17(20-12)13-6-3-2-4-7-13/h2-9,12,14H,10-11H2,1H3,(H,21,22). The van der Waals surface area contributed by atoms with Crippen molar-refractivity contribution in [1.29, 1.82) is 0 Å². The van der Waals surface area contributed by atoms with Gasteiger partial charge in [0.25, 0.3) is 0 Å². The summed E-state index contributed by atoms with van der Waals surface area (Å²) in [6, 6.07) is 15.4. The first kappa shape index (κ1) is 14.0. The zero-order valence-electron chi connectivity index (χ0n) is 13.0. The topological polar surface area (TPSA) is 50.7 Å². The van der Waals surface area contributed by atoms with Crippen LogP contribution in [0.25, 0.3) is 0 Å². The third kappa shape index (κ3) is 2.72. The molecule has 4 heteroatoms. The molecule has 2 aromatic rings. The van der Waals surface area contributed by atoms with Crippen molar-refractivity contribution in [1.82, 2.24) is 0 Å². The summed E-state index contributed by atoms with van der Waals surface area (Å²) < 4.78 is 5.98. The number of ether oxygens (including phenoxy) is 1. The summed E-state index contributed by atoms with van der Waals surface area (Å²) in [5.41, 5.74) is 3.47. The predicted molar refractivity (Wildman–Crippen MR) is 90.3 cm³/mol. The number of benzodiazepines with no additional fused rings is 1. The van der Waals surface area contributed by atoms with Gasteiger partial charge in [0.05, 0.1) is 17.5 Å². The number of carbonyl (C=O) groups excluding carboxylic acids is 1. The highest BCUT2D eigenvalue weighted by molar-refractivity contribution is 6.20. The Morgan fingerprint density at radius 2 is 1.87 bits per heavy atom. The molecule has 0 saturated heterocycles. The Bertz CT molecular complexity index is 779. The molecule has 116 valence electrons. The Hall–Kier alpha value is -2.62. The van der Waals surface area contributed by atoms with Crippen LogP contribution in [0.5, 0.6) is 5.75 Å². The molecule has 0 aromatic heterocycles. The van der Waals surface area contributed by atoms with Crippen molar-refractivity contribution in [2.45, 2.75) is 31.9 Å². The highest BCUT2D eigenvalue weighted by Gasteiger charge is 2.29. The van der Waals surface area contributed by atoms with Crippen LogP contribution >= 0.6 is 0 Å². The summed E-state index contributed by atoms with van der Waals surface area (Å²) in [4.78, 5) is 17.0. The van der Waals surface area contributed by atoms with Crippen LogP contribution in [0.1, 0.15) is 30.9 Å². The van der Waals surface area contributed by atoms with E-state index in [0.29, 0.717) is 0 Å². The van der Waals surface area contributed by atoms with Gasteiger partial charge in [-0.15, -0.1) is 0 Å². The molecule has 2 aliphatic rings. The first-order chi connectivity index (χ1) is 11.2. The molecule has 0 radical (unpaired) electrons. The van der Waals surface area contributed by atoms with E-state index >= 15 is 0 Å². The van der Waals surface area contributed by atoms with Crippen LogP contribution in [0.4, 0.5) is 5.69 Å². The van der Waals surface area contributed by atoms with E-state index in [-0.39, 0.29) is 12.0 Å². The molecule has 2 aromatic carbocycles. The molecule has 4 nitrogen and oxygen atoms in total. The zero-order valence-corrected chi connectivity index (χ0v) is 13.0. The highest BCUT2D eigenvalue weighted by Crippen LogP contribution is 2.36. The highest BCUT2D eigenvalue weighted by atomic mass is 16.5. The van der Waals surface area contributed by atoms with Gasteiger partial charge >= 0.3 is 0 Å². The van der Waals surface area contributed by atoms with Gasteiger partial charge in [0, 0.05) is 11.1 Å². The molecule has 1 aliphatic carbocycles. The van der Waals surface area contributed by atoms with Gasteiger partial charge in [0.1, 0.15) is 11.8 Å². The Balaban J connectivity index is 1.86. The normalized spacial score (nSPS) is 20.1. The molecule has 1 heterocycles. The number of nitrogens with zero attached hydrogens (tertiary/aromatic N) is 1. The number of amides is 1. The number of hydrogen-bond acceptors (Lipinski definition) is 3. The fourth-order valence-corrected chi connectivity index (χ4v) is 2.70. The van der Waals surface area contributed by atoms with Crippen molar-refractivity contribution in [3.8, 4) is 5.75 Å². The molecular weight excluding hydrogens is 288 g/mol. The fraction of sp³-hybridized carbons (Fsp3) is 0.263. The molecule has 23 heavy (non-hydrogen) atoms. The summed E-state index contributed by atoms with van der Waals surface area (Å²) in [7, 11) is 0. The Morgan fingerprint density at radius 1 is 1.09 bits per heavy atom. The molecule has 4 rings (SSSR count). The van der Waals surface area contributed by atoms with E-state index in [0.717, 1.165) is 41.1 Å². The van der Waals surface area contributed by atoms with Crippen molar-refractivity contribution >= 4 is 17.3 Å². The molecule has 0 spiro atoms. The van der Waals surface area contributed by atoms with Crippen LogP contribution in [-0.4, -0.2) is 23.8 Å². The number of anilines is 1. The maximum atomic E-state index is 12.3. The van der Waals surface area contributed by atoms with Crippen molar-refractivity contribution in [2.75, 3.05) is 5.32 Å². The second kappa shape index (κ2) is 5.54. The van der Waals surface area contributed by atoms with E-state index in [1.54, 1.807) is 0 Å². The first-order valence-electron chi connectivity index (χ1n) is 7.96. The van der Waals surface area contributed by atoms with Gasteiger partial charge in [0.15, 0.2) is 0 Å². The van der Waals surface area contributed by atoms with Crippen molar-refractivity contribution < 1.29 is 9.53 Å². The van der Waals surface area contributed by atoms with Crippen LogP contribution in [0, 0.1) is 0 Å². The number of hydrogen-bond donors (Lipinski definition) is 1. The van der Waals surface area contributed by atoms with Gasteiger partial charge in [-0.1, -0.05) is 42.5 Å². The maximum Gasteiger partial charge on any atom is 0.249 e. The van der Waals surface area contributed by atoms with E-state index in [1.807, 2.05) is 55.5 Å². The molecule has 1 unspecified atom stereocenters. The van der Waals surface area contributed by atoms with Crippen molar-refractivity contribution in [3.05, 3.63) is 59.7 Å². The predicted octanol–water partition coefficient (Wildman–Crippen LogP) is 3.41. The number of fused-ring (bicyclic) bond motifs is 1. The van der Waals surface area contributed by atoms with E-state index in [9.17, 15) is 4.79 Å². The van der Waals surface area contributed by atoms with Gasteiger partial charge in [-0.05, 0) is 25.8 Å². The molecule has 1 amide bonds. The van der Waals surface area contributed by atoms with E-state index in [2.05, 4.69) is 10.3 Å². The summed E-state index contributed by atoms with van der Waals surface area (Å²) >= 11 is 0. The second-order valence-electron chi connectivity index (χ2n) is 6.00. The molecule has 1 N–H and O–H groups in total. The Kier molecular flexibility index (Phi) is 3.37. The molecule has 1 saturated carbocycles. The van der Waals surface area contributed by atoms with Crippen LogP contribution in [0.2, 0.25) is 0 Å². The average Bonchev–Trinajstić information content (AvgIpc) is 3.39. The number of benzene rings is 2. The minimum absolute atomic E-state index is 0.107. The molecule has 1 atom stereocenters. The number of aliphatic imine (C=N–C) groups is 1. The first-order valence-corrected chi connectivity index (χ1v) is 7.96. The van der Waals surface area contributed by atoms with E-state index in [4.69, 9.17) is 4.74 Å². The number of para-hydroxylation sites is 1. The van der Waals surface area contributed by atoms with Gasteiger partial charge in [-0.25, -0.2) is 0 Å². The lowest BCUT2D eigenvalue weighted by atomic mass is 10.00. The maximum absolute atomic E-state index is 12.3. The van der Waals surface area contributed by atoms with Crippen molar-refractivity contribution in [3.63, 3.8) is 0 Å². The fourth-order valence-electron chi connectivity index (χ4n) is 2.70. The molecule has 1 aliphatic heterocycles. The third-order valence-corrected chi connectivity index (χ3v) is 4.10. The minimum atomic E-state index is -0.439. The van der Waals surface area contributed by atoms with Gasteiger partial charge in [-0.2, -0.15) is 0 Å². The smallest absolute Gasteiger partial charge is 0.249 e. The SMILES string of the molecule is CC1N=C(c2ccccc2)c2cccc(OC3CC3)c2NC1=O. The summed E-state index contributed by atoms with van der Waals surface area (Å²) in [5, 5.41) is 3.00. The number of carbonyl (C=O) groups is 1. The summed E-state index contributed by atoms with van der Waals surface area (Å²) in [6.45, 7) is 1.81. The van der Waals surface area contributed by atoms with E-state index < -0.39 is 6.04 Å². The second-order valence-corrected chi connectivity index (χ2v) is 6.00. The third-order valence-electron chi connectivity index (χ3n) is 4.10. The number of rotatable bonds is 3. The van der Waals surface area contributed by atoms with Gasteiger partial charge < -0.3 is 10.1 Å². The largest absolute Gasteiger partial charge is 0.488 e. The van der Waals surface area contributed by atoms with Crippen LogP contribution < -0.4 is 10.1 Å². The van der Waals surface area contributed by atoms with Crippen molar-refractivity contribution in [2.24, 2.45) is 4.99 Å². The molecular formula is C19H18N2O2. The molecule has 1 fully saturated rings. The zero-order chi connectivity index (χ0) is 15.8. The minimum Gasteiger partial charge on any atom is -0.488 e. The van der Waals surface area contributed by atoms with Gasteiger partial charge in [-0.3, -0.25) is 9.79 Å². The van der Waals surface area contributed by atoms with E-state index in [1.165, 1.54) is 0 Å². The lowest BCUT2D eigenvalue weighted by Gasteiger charge is -2.15. The quantitative estimate of drug-likeness (QED) is 0.945. The summed E-state index contributed by atoms with van der Waals surface area (Å²) in [6.07, 6.45) is 2.43. The lowest BCUT2D eigenvalue weighted by Crippen LogP contribution is -2.22. The Labute approximate surface area is 135 Å². The van der Waals surface area contributed by atoms with Gasteiger partial charge in [0.2, 0.25) is 5.91 Å². The van der Waals surface area contributed by atoms with Crippen LogP contribution in [0.15, 0.2) is 53.5 Å².